The van der Waals surface area contributed by atoms with Gasteiger partial charge in [0, 0.05) is 42.9 Å². The molecule has 34 heavy (non-hydrogen) atoms. The van der Waals surface area contributed by atoms with E-state index in [9.17, 15) is 13.2 Å². The number of ether oxygens (including phenoxy) is 1. The van der Waals surface area contributed by atoms with Gasteiger partial charge < -0.3 is 14.5 Å². The van der Waals surface area contributed by atoms with Gasteiger partial charge in [-0.05, 0) is 55.7 Å². The molecule has 2 fully saturated rings. The summed E-state index contributed by atoms with van der Waals surface area (Å²) < 4.78 is 33.6. The number of carbonyl (C=O) groups excluding carboxylic acids is 1. The third kappa shape index (κ3) is 5.97. The molecule has 0 bridgehead atoms. The molecule has 1 aliphatic heterocycles. The zero-order valence-electron chi connectivity index (χ0n) is 19.1. The number of hydrogen-bond acceptors (Lipinski definition) is 5. The van der Waals surface area contributed by atoms with Gasteiger partial charge in [-0.1, -0.05) is 42.1 Å². The first-order valence-electron chi connectivity index (χ1n) is 11.5. The molecule has 2 aromatic rings. The second-order valence-corrected chi connectivity index (χ2v) is 11.3. The number of nitrogens with zero attached hydrogens (tertiary/aromatic N) is 2. The largest absolute Gasteiger partial charge is 0.482 e. The number of nitrogens with one attached hydrogen (secondary N) is 1. The molecule has 10 heteroatoms. The lowest BCUT2D eigenvalue weighted by atomic mass is 10.1. The number of halogens is 2. The molecule has 2 aliphatic rings. The van der Waals surface area contributed by atoms with Crippen molar-refractivity contribution in [3.05, 3.63) is 52.0 Å². The van der Waals surface area contributed by atoms with Gasteiger partial charge in [0.15, 0.2) is 6.61 Å². The van der Waals surface area contributed by atoms with Crippen LogP contribution in [0.4, 0.5) is 5.69 Å². The van der Waals surface area contributed by atoms with Crippen LogP contribution in [0.25, 0.3) is 0 Å². The highest BCUT2D eigenvalue weighted by molar-refractivity contribution is 7.89. The number of aryl methyl sites for hydroxylation is 1. The number of anilines is 1. The minimum absolute atomic E-state index is 0.0272. The van der Waals surface area contributed by atoms with E-state index in [1.54, 1.807) is 4.90 Å². The Kier molecular flexibility index (Phi) is 7.92. The lowest BCUT2D eigenvalue weighted by molar-refractivity contribution is -0.133. The van der Waals surface area contributed by atoms with Gasteiger partial charge in [-0.25, -0.2) is 13.1 Å². The Bertz CT molecular complexity index is 1140. The third-order valence-corrected chi connectivity index (χ3v) is 8.43. The van der Waals surface area contributed by atoms with Crippen molar-refractivity contribution in [2.24, 2.45) is 0 Å². The normalized spacial score (nSPS) is 17.3. The van der Waals surface area contributed by atoms with Crippen LogP contribution in [0, 0.1) is 6.92 Å². The molecule has 4 rings (SSSR count). The van der Waals surface area contributed by atoms with Crippen LogP contribution >= 0.6 is 23.2 Å². The highest BCUT2D eigenvalue weighted by Gasteiger charge is 2.25. The zero-order chi connectivity index (χ0) is 24.3. The fourth-order valence-electron chi connectivity index (χ4n) is 4.45. The van der Waals surface area contributed by atoms with Crippen molar-refractivity contribution in [3.8, 4) is 5.75 Å². The maximum absolute atomic E-state index is 12.7. The molecule has 0 spiro atoms. The molecule has 1 heterocycles. The first kappa shape index (κ1) is 25.1. The topological polar surface area (TPSA) is 79.0 Å². The molecular formula is C24H29Cl2N3O4S. The third-order valence-electron chi connectivity index (χ3n) is 6.39. The molecule has 1 amide bonds. The smallest absolute Gasteiger partial charge is 0.260 e. The lowest BCUT2D eigenvalue weighted by Crippen LogP contribution is -2.50. The number of hydrogen-bond donors (Lipinski definition) is 1. The quantitative estimate of drug-likeness (QED) is 0.584. The predicted molar refractivity (Wildman–Crippen MR) is 135 cm³/mol. The number of sulfonamides is 1. The number of carbonyl (C=O) groups is 1. The summed E-state index contributed by atoms with van der Waals surface area (Å²) in [6.45, 7) is 4.44. The number of rotatable bonds is 7. The van der Waals surface area contributed by atoms with Crippen LogP contribution in [-0.4, -0.2) is 58.1 Å². The Morgan fingerprint density at radius 2 is 1.76 bits per heavy atom. The summed E-state index contributed by atoms with van der Waals surface area (Å²) in [6, 6.07) is 10.1. The summed E-state index contributed by atoms with van der Waals surface area (Å²) >= 11 is 12.4. The van der Waals surface area contributed by atoms with Crippen LogP contribution in [-0.2, 0) is 14.8 Å². The standard InChI is InChI=1S/C24H29Cl2N3O4S/c1-17-6-7-18(25)14-22(17)28-10-12-29(13-11-28)24(30)16-33-23-9-8-20(15-21(23)26)34(31,32)27-19-4-2-3-5-19/h6-9,14-15,19,27H,2-5,10-13,16H2,1H3. The van der Waals surface area contributed by atoms with Crippen molar-refractivity contribution in [1.29, 1.82) is 0 Å². The first-order chi connectivity index (χ1) is 16.2. The number of benzene rings is 2. The van der Waals surface area contributed by atoms with Crippen LogP contribution in [0.5, 0.6) is 5.75 Å². The summed E-state index contributed by atoms with van der Waals surface area (Å²) in [5.74, 6) is 0.140. The Labute approximate surface area is 211 Å². The second-order valence-electron chi connectivity index (χ2n) is 8.78. The Hall–Kier alpha value is -2.00. The van der Waals surface area contributed by atoms with E-state index in [-0.39, 0.29) is 34.2 Å². The molecule has 0 unspecified atom stereocenters. The predicted octanol–water partition coefficient (Wildman–Crippen LogP) is 4.25. The summed E-state index contributed by atoms with van der Waals surface area (Å²) in [6.07, 6.45) is 3.76. The van der Waals surface area contributed by atoms with E-state index in [2.05, 4.69) is 9.62 Å². The first-order valence-corrected chi connectivity index (χ1v) is 13.7. The highest BCUT2D eigenvalue weighted by Crippen LogP contribution is 2.29. The van der Waals surface area contributed by atoms with E-state index in [0.29, 0.717) is 31.2 Å². The molecular weight excluding hydrogens is 497 g/mol. The van der Waals surface area contributed by atoms with Crippen LogP contribution in [0.1, 0.15) is 31.2 Å². The zero-order valence-corrected chi connectivity index (χ0v) is 21.4. The van der Waals surface area contributed by atoms with Gasteiger partial charge in [0.25, 0.3) is 5.91 Å². The Morgan fingerprint density at radius 1 is 1.06 bits per heavy atom. The van der Waals surface area contributed by atoms with Gasteiger partial charge >= 0.3 is 0 Å². The molecule has 1 saturated heterocycles. The van der Waals surface area contributed by atoms with E-state index in [1.165, 1.54) is 18.2 Å². The highest BCUT2D eigenvalue weighted by atomic mass is 35.5. The molecule has 0 radical (unpaired) electrons. The fourth-order valence-corrected chi connectivity index (χ4v) is 6.24. The van der Waals surface area contributed by atoms with E-state index in [4.69, 9.17) is 27.9 Å². The minimum Gasteiger partial charge on any atom is -0.482 e. The molecule has 2 aromatic carbocycles. The Morgan fingerprint density at radius 3 is 2.44 bits per heavy atom. The van der Waals surface area contributed by atoms with E-state index in [1.807, 2.05) is 25.1 Å². The summed E-state index contributed by atoms with van der Waals surface area (Å²) in [4.78, 5) is 16.8. The molecule has 1 aliphatic carbocycles. The van der Waals surface area contributed by atoms with Crippen molar-refractivity contribution in [1.82, 2.24) is 9.62 Å². The van der Waals surface area contributed by atoms with Gasteiger partial charge in [-0.3, -0.25) is 4.79 Å². The number of piperazine rings is 1. The molecule has 7 nitrogen and oxygen atoms in total. The molecule has 1 N–H and O–H groups in total. The van der Waals surface area contributed by atoms with E-state index in [0.717, 1.165) is 36.9 Å². The lowest BCUT2D eigenvalue weighted by Gasteiger charge is -2.36. The van der Waals surface area contributed by atoms with Crippen molar-refractivity contribution >= 4 is 44.8 Å². The van der Waals surface area contributed by atoms with E-state index >= 15 is 0 Å². The maximum Gasteiger partial charge on any atom is 0.260 e. The minimum atomic E-state index is -3.64. The average Bonchev–Trinajstić information content (AvgIpc) is 3.32. The molecule has 184 valence electrons. The molecule has 1 saturated carbocycles. The van der Waals surface area contributed by atoms with Crippen molar-refractivity contribution < 1.29 is 17.9 Å². The van der Waals surface area contributed by atoms with Crippen LogP contribution in [0.15, 0.2) is 41.3 Å². The van der Waals surface area contributed by atoms with Crippen LogP contribution in [0.3, 0.4) is 0 Å². The molecule has 0 atom stereocenters. The molecule has 0 aromatic heterocycles. The van der Waals surface area contributed by atoms with Gasteiger partial charge in [-0.15, -0.1) is 0 Å². The SMILES string of the molecule is Cc1ccc(Cl)cc1N1CCN(C(=O)COc2ccc(S(=O)(=O)NC3CCCC3)cc2Cl)CC1. The fraction of sp³-hybridized carbons (Fsp3) is 0.458. The monoisotopic (exact) mass is 525 g/mol. The van der Waals surface area contributed by atoms with Gasteiger partial charge in [0.05, 0.1) is 9.92 Å². The van der Waals surface area contributed by atoms with Crippen LogP contribution < -0.4 is 14.4 Å². The summed E-state index contributed by atoms with van der Waals surface area (Å²) in [7, 11) is -3.64. The van der Waals surface area contributed by atoms with Gasteiger partial charge in [0.2, 0.25) is 10.0 Å². The summed E-state index contributed by atoms with van der Waals surface area (Å²) in [5.41, 5.74) is 2.23. The number of amides is 1. The van der Waals surface area contributed by atoms with Crippen molar-refractivity contribution in [2.45, 2.75) is 43.5 Å². The van der Waals surface area contributed by atoms with Gasteiger partial charge in [0.1, 0.15) is 5.75 Å². The summed E-state index contributed by atoms with van der Waals surface area (Å²) in [5, 5.41) is 0.848. The second kappa shape index (κ2) is 10.7. The van der Waals surface area contributed by atoms with Gasteiger partial charge in [-0.2, -0.15) is 0 Å². The maximum atomic E-state index is 12.7. The van der Waals surface area contributed by atoms with Crippen molar-refractivity contribution in [2.75, 3.05) is 37.7 Å². The Balaban J connectivity index is 1.30. The van der Waals surface area contributed by atoms with Crippen LogP contribution in [0.2, 0.25) is 10.0 Å². The van der Waals surface area contributed by atoms with E-state index < -0.39 is 10.0 Å². The van der Waals surface area contributed by atoms with Crippen molar-refractivity contribution in [3.63, 3.8) is 0 Å². The average molecular weight is 526 g/mol.